The van der Waals surface area contributed by atoms with Gasteiger partial charge in [-0.25, -0.2) is 9.59 Å². The fraction of sp³-hybridized carbons (Fsp3) is 0.833. The van der Waals surface area contributed by atoms with E-state index in [2.05, 4.69) is 0 Å². The summed E-state index contributed by atoms with van der Waals surface area (Å²) in [6, 6.07) is -0.763. The summed E-state index contributed by atoms with van der Waals surface area (Å²) in [5, 5.41) is 9.09. The second-order valence-corrected chi connectivity index (χ2v) is 5.38. The van der Waals surface area contributed by atoms with Crippen molar-refractivity contribution in [2.45, 2.75) is 64.6 Å². The molecule has 5 heteroatoms. The average molecular weight is 243 g/mol. The highest BCUT2D eigenvalue weighted by molar-refractivity contribution is 5.81. The summed E-state index contributed by atoms with van der Waals surface area (Å²) in [5.74, 6) is -0.952. The number of hydrogen-bond donors (Lipinski definition) is 1. The van der Waals surface area contributed by atoms with Gasteiger partial charge in [0.1, 0.15) is 11.6 Å². The molecule has 1 amide bonds. The van der Waals surface area contributed by atoms with Gasteiger partial charge in [-0.2, -0.15) is 0 Å². The molecule has 0 unspecified atom stereocenters. The first-order valence-corrected chi connectivity index (χ1v) is 6.00. The summed E-state index contributed by atoms with van der Waals surface area (Å²) >= 11 is 0. The van der Waals surface area contributed by atoms with Gasteiger partial charge >= 0.3 is 12.1 Å². The third-order valence-corrected chi connectivity index (χ3v) is 2.86. The van der Waals surface area contributed by atoms with Crippen molar-refractivity contribution in [1.82, 2.24) is 4.90 Å². The van der Waals surface area contributed by atoms with Gasteiger partial charge in [0, 0.05) is 6.04 Å². The number of hydrogen-bond acceptors (Lipinski definition) is 3. The van der Waals surface area contributed by atoms with E-state index in [0.717, 1.165) is 12.8 Å². The summed E-state index contributed by atoms with van der Waals surface area (Å²) in [5.41, 5.74) is -0.596. The summed E-state index contributed by atoms with van der Waals surface area (Å²) < 4.78 is 5.26. The number of ether oxygens (including phenoxy) is 1. The fourth-order valence-electron chi connectivity index (χ4n) is 2.12. The lowest BCUT2D eigenvalue weighted by atomic mass is 10.1. The Kier molecular flexibility index (Phi) is 4.01. The highest BCUT2D eigenvalue weighted by Crippen LogP contribution is 2.28. The molecule has 1 rings (SSSR count). The third-order valence-electron chi connectivity index (χ3n) is 2.86. The first-order chi connectivity index (χ1) is 7.76. The lowest BCUT2D eigenvalue weighted by molar-refractivity contribution is -0.142. The second-order valence-electron chi connectivity index (χ2n) is 5.38. The molecule has 0 bridgehead atoms. The van der Waals surface area contributed by atoms with Crippen LogP contribution in [0.2, 0.25) is 0 Å². The van der Waals surface area contributed by atoms with Gasteiger partial charge in [0.25, 0.3) is 0 Å². The van der Waals surface area contributed by atoms with E-state index in [1.807, 2.05) is 6.92 Å². The van der Waals surface area contributed by atoms with Crippen LogP contribution in [0.5, 0.6) is 0 Å². The lowest BCUT2D eigenvalue weighted by Gasteiger charge is -2.30. The molecule has 1 aliphatic rings. The predicted molar refractivity (Wildman–Crippen MR) is 62.8 cm³/mol. The van der Waals surface area contributed by atoms with E-state index in [4.69, 9.17) is 9.84 Å². The molecule has 98 valence electrons. The van der Waals surface area contributed by atoms with E-state index < -0.39 is 23.7 Å². The largest absolute Gasteiger partial charge is 0.480 e. The Morgan fingerprint density at radius 1 is 1.35 bits per heavy atom. The SMILES string of the molecule is CC[C@H]1CC[C@@H](C(=O)O)N1C(=O)OC(C)(C)C. The Morgan fingerprint density at radius 2 is 1.94 bits per heavy atom. The zero-order valence-corrected chi connectivity index (χ0v) is 10.9. The van der Waals surface area contributed by atoms with Gasteiger partial charge in [-0.3, -0.25) is 4.90 Å². The molecule has 2 atom stereocenters. The van der Waals surface area contributed by atoms with Crippen molar-refractivity contribution in [3.05, 3.63) is 0 Å². The number of aliphatic carboxylic acids is 1. The minimum atomic E-state index is -0.952. The molecule has 5 nitrogen and oxygen atoms in total. The van der Waals surface area contributed by atoms with Gasteiger partial charge in [-0.05, 0) is 40.0 Å². The Hall–Kier alpha value is -1.26. The van der Waals surface area contributed by atoms with E-state index in [0.29, 0.717) is 6.42 Å². The molecular formula is C12H21NO4. The maximum absolute atomic E-state index is 12.0. The number of amides is 1. The first kappa shape index (κ1) is 13.8. The van der Waals surface area contributed by atoms with Crippen LogP contribution in [0.4, 0.5) is 4.79 Å². The van der Waals surface area contributed by atoms with Crippen molar-refractivity contribution >= 4 is 12.1 Å². The lowest BCUT2D eigenvalue weighted by Crippen LogP contribution is -2.47. The molecule has 0 radical (unpaired) electrons. The molecule has 0 aliphatic carbocycles. The number of carbonyl (C=O) groups is 2. The minimum Gasteiger partial charge on any atom is -0.480 e. The Labute approximate surface area is 102 Å². The molecule has 1 heterocycles. The Balaban J connectivity index is 2.82. The van der Waals surface area contributed by atoms with Crippen molar-refractivity contribution in [1.29, 1.82) is 0 Å². The molecule has 1 fully saturated rings. The molecule has 1 N–H and O–H groups in total. The number of likely N-dealkylation sites (tertiary alicyclic amines) is 1. The fourth-order valence-corrected chi connectivity index (χ4v) is 2.12. The van der Waals surface area contributed by atoms with E-state index in [1.54, 1.807) is 20.8 Å². The first-order valence-electron chi connectivity index (χ1n) is 6.00. The van der Waals surface area contributed by atoms with Crippen LogP contribution < -0.4 is 0 Å². The van der Waals surface area contributed by atoms with Gasteiger partial charge < -0.3 is 9.84 Å². The predicted octanol–water partition coefficient (Wildman–Crippen LogP) is 2.25. The molecule has 0 aromatic heterocycles. The smallest absolute Gasteiger partial charge is 0.411 e. The van der Waals surface area contributed by atoms with Crippen molar-refractivity contribution in [3.8, 4) is 0 Å². The van der Waals surface area contributed by atoms with Crippen molar-refractivity contribution in [2.24, 2.45) is 0 Å². The molecule has 0 aromatic carbocycles. The van der Waals surface area contributed by atoms with E-state index >= 15 is 0 Å². The number of rotatable bonds is 2. The Morgan fingerprint density at radius 3 is 2.35 bits per heavy atom. The van der Waals surface area contributed by atoms with Crippen LogP contribution in [-0.4, -0.2) is 39.8 Å². The monoisotopic (exact) mass is 243 g/mol. The van der Waals surface area contributed by atoms with Crippen LogP contribution in [0.1, 0.15) is 47.0 Å². The van der Waals surface area contributed by atoms with Crippen LogP contribution in [0.25, 0.3) is 0 Å². The highest BCUT2D eigenvalue weighted by Gasteiger charge is 2.41. The van der Waals surface area contributed by atoms with Crippen LogP contribution in [0.15, 0.2) is 0 Å². The molecule has 0 spiro atoms. The summed E-state index contributed by atoms with van der Waals surface area (Å²) in [7, 11) is 0. The molecular weight excluding hydrogens is 222 g/mol. The zero-order valence-electron chi connectivity index (χ0n) is 10.9. The number of carboxylic acid groups (broad SMARTS) is 1. The number of nitrogens with zero attached hydrogens (tertiary/aromatic N) is 1. The number of carbonyl (C=O) groups excluding carboxylic acids is 1. The Bertz CT molecular complexity index is 308. The van der Waals surface area contributed by atoms with Crippen LogP contribution in [0, 0.1) is 0 Å². The molecule has 1 saturated heterocycles. The third kappa shape index (κ3) is 3.35. The summed E-state index contributed by atoms with van der Waals surface area (Å²) in [6.07, 6.45) is 1.47. The normalized spacial score (nSPS) is 24.8. The van der Waals surface area contributed by atoms with Crippen molar-refractivity contribution in [2.75, 3.05) is 0 Å². The summed E-state index contributed by atoms with van der Waals surface area (Å²) in [6.45, 7) is 7.28. The van der Waals surface area contributed by atoms with E-state index in [9.17, 15) is 9.59 Å². The van der Waals surface area contributed by atoms with Crippen LogP contribution in [0.3, 0.4) is 0 Å². The quantitative estimate of drug-likeness (QED) is 0.807. The molecule has 1 aliphatic heterocycles. The van der Waals surface area contributed by atoms with E-state index in [-0.39, 0.29) is 6.04 Å². The standard InChI is InChI=1S/C12H21NO4/c1-5-8-6-7-9(10(14)15)13(8)11(16)17-12(2,3)4/h8-9H,5-7H2,1-4H3,(H,14,15)/t8-,9-/m0/s1. The maximum Gasteiger partial charge on any atom is 0.411 e. The minimum absolute atomic E-state index is 0.0223. The van der Waals surface area contributed by atoms with Gasteiger partial charge in [0.05, 0.1) is 0 Å². The summed E-state index contributed by atoms with van der Waals surface area (Å²) in [4.78, 5) is 24.5. The van der Waals surface area contributed by atoms with E-state index in [1.165, 1.54) is 4.90 Å². The topological polar surface area (TPSA) is 66.8 Å². The molecule has 0 saturated carbocycles. The maximum atomic E-state index is 12.0. The van der Waals surface area contributed by atoms with Gasteiger partial charge in [-0.1, -0.05) is 6.92 Å². The molecule has 0 aromatic rings. The highest BCUT2D eigenvalue weighted by atomic mass is 16.6. The van der Waals surface area contributed by atoms with Crippen LogP contribution in [-0.2, 0) is 9.53 Å². The van der Waals surface area contributed by atoms with Gasteiger partial charge in [-0.15, -0.1) is 0 Å². The zero-order chi connectivity index (χ0) is 13.2. The van der Waals surface area contributed by atoms with Crippen molar-refractivity contribution < 1.29 is 19.4 Å². The van der Waals surface area contributed by atoms with Crippen molar-refractivity contribution in [3.63, 3.8) is 0 Å². The van der Waals surface area contributed by atoms with Gasteiger partial charge in [0.2, 0.25) is 0 Å². The average Bonchev–Trinajstić information content (AvgIpc) is 2.57. The number of carboxylic acids is 1. The van der Waals surface area contributed by atoms with Gasteiger partial charge in [0.15, 0.2) is 0 Å². The molecule has 17 heavy (non-hydrogen) atoms. The van der Waals surface area contributed by atoms with Crippen LogP contribution >= 0.6 is 0 Å². The second kappa shape index (κ2) is 4.94.